The van der Waals surface area contributed by atoms with Crippen LogP contribution in [0.2, 0.25) is 0 Å². The Morgan fingerprint density at radius 2 is 1.80 bits per heavy atom. The highest BCUT2D eigenvalue weighted by molar-refractivity contribution is 14.0. The van der Waals surface area contributed by atoms with Gasteiger partial charge < -0.3 is 20.7 Å². The van der Waals surface area contributed by atoms with Crippen LogP contribution in [-0.4, -0.2) is 38.6 Å². The number of aryl methyl sites for hydroxylation is 1. The van der Waals surface area contributed by atoms with E-state index in [1.165, 1.54) is 23.6 Å². The van der Waals surface area contributed by atoms with Gasteiger partial charge in [0.1, 0.15) is 5.75 Å². The summed E-state index contributed by atoms with van der Waals surface area (Å²) >= 11 is 0. The Balaban J connectivity index is 0.00000450. The summed E-state index contributed by atoms with van der Waals surface area (Å²) in [7, 11) is 1.70. The fraction of sp³-hybridized carbons (Fsp3) is 0.391. The number of rotatable bonds is 9. The minimum atomic E-state index is -0.0609. The highest BCUT2D eigenvalue weighted by Crippen LogP contribution is 2.20. The van der Waals surface area contributed by atoms with Crippen molar-refractivity contribution in [1.82, 2.24) is 10.6 Å². The van der Waals surface area contributed by atoms with E-state index in [0.717, 1.165) is 43.3 Å². The second-order valence-corrected chi connectivity index (χ2v) is 6.88. The summed E-state index contributed by atoms with van der Waals surface area (Å²) in [6.07, 6.45) is 1.70. The standard InChI is InChI=1S/C23H32N4O2.HI/c1-5-24-23(26-15-13-20-16-17(2)6-11-22(20)29-4)25-14-12-19-7-9-21(10-8-19)27-18(3)28;/h6-11,16H,5,12-15H2,1-4H3,(H,27,28)(H2,24,25,26);1H. The van der Waals surface area contributed by atoms with Gasteiger partial charge in [0.25, 0.3) is 0 Å². The van der Waals surface area contributed by atoms with Gasteiger partial charge in [0, 0.05) is 32.2 Å². The van der Waals surface area contributed by atoms with E-state index < -0.39 is 0 Å². The van der Waals surface area contributed by atoms with Crippen molar-refractivity contribution in [3.05, 3.63) is 59.2 Å². The number of guanidine groups is 1. The third-order valence-electron chi connectivity index (χ3n) is 4.41. The first-order valence-electron chi connectivity index (χ1n) is 10.0. The predicted molar refractivity (Wildman–Crippen MR) is 135 cm³/mol. The van der Waals surface area contributed by atoms with Crippen molar-refractivity contribution in [2.45, 2.75) is 33.6 Å². The van der Waals surface area contributed by atoms with Crippen molar-refractivity contribution in [2.75, 3.05) is 32.1 Å². The van der Waals surface area contributed by atoms with Crippen LogP contribution in [0, 0.1) is 6.92 Å². The maximum absolute atomic E-state index is 11.1. The minimum Gasteiger partial charge on any atom is -0.496 e. The number of ether oxygens (including phenoxy) is 1. The largest absolute Gasteiger partial charge is 0.496 e. The number of nitrogens with one attached hydrogen (secondary N) is 3. The lowest BCUT2D eigenvalue weighted by molar-refractivity contribution is -0.114. The van der Waals surface area contributed by atoms with E-state index >= 15 is 0 Å². The Labute approximate surface area is 196 Å². The van der Waals surface area contributed by atoms with Gasteiger partial charge in [0.2, 0.25) is 5.91 Å². The molecule has 0 saturated heterocycles. The molecule has 0 spiro atoms. The van der Waals surface area contributed by atoms with E-state index in [-0.39, 0.29) is 29.9 Å². The van der Waals surface area contributed by atoms with Gasteiger partial charge in [-0.15, -0.1) is 24.0 Å². The first-order chi connectivity index (χ1) is 14.0. The number of carbonyl (C=O) groups excluding carboxylic acids is 1. The average Bonchev–Trinajstić information content (AvgIpc) is 2.69. The van der Waals surface area contributed by atoms with E-state index in [1.54, 1.807) is 7.11 Å². The number of benzene rings is 2. The predicted octanol–water partition coefficient (Wildman–Crippen LogP) is 3.92. The van der Waals surface area contributed by atoms with Crippen molar-refractivity contribution < 1.29 is 9.53 Å². The van der Waals surface area contributed by atoms with Crippen LogP contribution in [0.1, 0.15) is 30.5 Å². The number of methoxy groups -OCH3 is 1. The lowest BCUT2D eigenvalue weighted by Gasteiger charge is -2.12. The number of hydrogen-bond donors (Lipinski definition) is 3. The molecule has 164 valence electrons. The Hall–Kier alpha value is -2.29. The molecule has 2 aromatic rings. The van der Waals surface area contributed by atoms with E-state index in [9.17, 15) is 4.79 Å². The van der Waals surface area contributed by atoms with Crippen molar-refractivity contribution >= 4 is 41.5 Å². The average molecular weight is 524 g/mol. The lowest BCUT2D eigenvalue weighted by Crippen LogP contribution is -2.38. The summed E-state index contributed by atoms with van der Waals surface area (Å²) in [6, 6.07) is 14.1. The number of nitrogens with zero attached hydrogens (tertiary/aromatic N) is 1. The molecule has 0 aliphatic carbocycles. The fourth-order valence-electron chi connectivity index (χ4n) is 3.02. The Morgan fingerprint density at radius 3 is 2.43 bits per heavy atom. The summed E-state index contributed by atoms with van der Waals surface area (Å²) in [4.78, 5) is 15.8. The van der Waals surface area contributed by atoms with Crippen molar-refractivity contribution in [3.63, 3.8) is 0 Å². The molecule has 7 heteroatoms. The van der Waals surface area contributed by atoms with Gasteiger partial charge in [0.15, 0.2) is 5.96 Å². The van der Waals surface area contributed by atoms with Crippen LogP contribution in [0.4, 0.5) is 5.69 Å². The minimum absolute atomic E-state index is 0. The molecule has 0 unspecified atom stereocenters. The zero-order valence-electron chi connectivity index (χ0n) is 18.2. The van der Waals surface area contributed by atoms with Gasteiger partial charge >= 0.3 is 0 Å². The molecule has 3 N–H and O–H groups in total. The lowest BCUT2D eigenvalue weighted by atomic mass is 10.1. The third kappa shape index (κ3) is 9.02. The van der Waals surface area contributed by atoms with E-state index in [2.05, 4.69) is 46.9 Å². The highest BCUT2D eigenvalue weighted by Gasteiger charge is 2.04. The highest BCUT2D eigenvalue weighted by atomic mass is 127. The zero-order chi connectivity index (χ0) is 21.1. The number of carbonyl (C=O) groups is 1. The topological polar surface area (TPSA) is 74.8 Å². The molecule has 0 heterocycles. The number of hydrogen-bond acceptors (Lipinski definition) is 3. The second-order valence-electron chi connectivity index (χ2n) is 6.88. The maximum atomic E-state index is 11.1. The zero-order valence-corrected chi connectivity index (χ0v) is 20.6. The first kappa shape index (κ1) is 25.7. The van der Waals surface area contributed by atoms with Crippen LogP contribution in [0.5, 0.6) is 5.75 Å². The summed E-state index contributed by atoms with van der Waals surface area (Å²) in [5, 5.41) is 9.44. The molecule has 1 amide bonds. The molecule has 2 aromatic carbocycles. The fourth-order valence-corrected chi connectivity index (χ4v) is 3.02. The molecule has 30 heavy (non-hydrogen) atoms. The molecule has 0 aromatic heterocycles. The molecular weight excluding hydrogens is 491 g/mol. The van der Waals surface area contributed by atoms with Gasteiger partial charge in [-0.3, -0.25) is 9.79 Å². The van der Waals surface area contributed by atoms with Crippen LogP contribution < -0.4 is 20.7 Å². The molecule has 0 radical (unpaired) electrons. The molecule has 0 fully saturated rings. The third-order valence-corrected chi connectivity index (χ3v) is 4.41. The van der Waals surface area contributed by atoms with Crippen LogP contribution in [0.25, 0.3) is 0 Å². The van der Waals surface area contributed by atoms with Gasteiger partial charge in [-0.05, 0) is 56.0 Å². The smallest absolute Gasteiger partial charge is 0.221 e. The van der Waals surface area contributed by atoms with E-state index in [1.807, 2.05) is 30.3 Å². The molecule has 0 aliphatic heterocycles. The van der Waals surface area contributed by atoms with Crippen molar-refractivity contribution in [1.29, 1.82) is 0 Å². The summed E-state index contributed by atoms with van der Waals surface area (Å²) in [5.74, 6) is 1.66. The van der Waals surface area contributed by atoms with Crippen molar-refractivity contribution in [2.24, 2.45) is 4.99 Å². The Bertz CT molecular complexity index is 822. The number of aliphatic imine (C=N–C) groups is 1. The maximum Gasteiger partial charge on any atom is 0.221 e. The van der Waals surface area contributed by atoms with E-state index in [4.69, 9.17) is 4.74 Å². The molecular formula is C23H33IN4O2. The molecule has 0 aliphatic rings. The van der Waals surface area contributed by atoms with Gasteiger partial charge in [-0.1, -0.05) is 29.8 Å². The van der Waals surface area contributed by atoms with Crippen LogP contribution in [-0.2, 0) is 17.6 Å². The van der Waals surface area contributed by atoms with Gasteiger partial charge in [0.05, 0.1) is 7.11 Å². The Morgan fingerprint density at radius 1 is 1.07 bits per heavy atom. The summed E-state index contributed by atoms with van der Waals surface area (Å²) in [6.45, 7) is 7.92. The van der Waals surface area contributed by atoms with Crippen LogP contribution in [0.15, 0.2) is 47.5 Å². The summed E-state index contributed by atoms with van der Waals surface area (Å²) in [5.41, 5.74) is 4.41. The first-order valence-corrected chi connectivity index (χ1v) is 10.0. The van der Waals surface area contributed by atoms with Gasteiger partial charge in [-0.2, -0.15) is 0 Å². The SMILES string of the molecule is CCNC(=NCCc1cc(C)ccc1OC)NCCc1ccc(NC(C)=O)cc1.I. The molecule has 0 bridgehead atoms. The van der Waals surface area contributed by atoms with E-state index in [0.29, 0.717) is 6.54 Å². The Kier molecular flexibility index (Phi) is 11.9. The second kappa shape index (κ2) is 13.8. The molecule has 0 saturated carbocycles. The van der Waals surface area contributed by atoms with Crippen LogP contribution in [0.3, 0.4) is 0 Å². The molecule has 2 rings (SSSR count). The van der Waals surface area contributed by atoms with Crippen LogP contribution >= 0.6 is 24.0 Å². The van der Waals surface area contributed by atoms with Gasteiger partial charge in [-0.25, -0.2) is 0 Å². The molecule has 0 atom stereocenters. The quantitative estimate of drug-likeness (QED) is 0.264. The normalized spacial score (nSPS) is 10.7. The number of halogens is 1. The molecule has 6 nitrogen and oxygen atoms in total. The number of amides is 1. The summed E-state index contributed by atoms with van der Waals surface area (Å²) < 4.78 is 5.45. The van der Waals surface area contributed by atoms with Crippen molar-refractivity contribution in [3.8, 4) is 5.75 Å². The monoisotopic (exact) mass is 524 g/mol. The number of anilines is 1.